The first-order valence-electron chi connectivity index (χ1n) is 6.93. The van der Waals surface area contributed by atoms with Crippen LogP contribution in [0.2, 0.25) is 0 Å². The second-order valence-electron chi connectivity index (χ2n) is 5.25. The number of rotatable bonds is 3. The zero-order valence-corrected chi connectivity index (χ0v) is 13.2. The zero-order valence-electron chi connectivity index (χ0n) is 12.4. The highest BCUT2D eigenvalue weighted by Crippen LogP contribution is 2.25. The fraction of sp³-hybridized carbons (Fsp3) is 0.111. The van der Waals surface area contributed by atoms with Crippen LogP contribution in [0.25, 0.3) is 22.0 Å². The van der Waals surface area contributed by atoms with E-state index in [4.69, 9.17) is 5.11 Å². The van der Waals surface area contributed by atoms with Gasteiger partial charge in [-0.05, 0) is 42.3 Å². The summed E-state index contributed by atoms with van der Waals surface area (Å²) in [5.74, 6) is -1.73. The number of hydrogen-bond donors (Lipinski definition) is 1. The highest BCUT2D eigenvalue weighted by atomic mass is 35.5. The number of hydrogen-bond acceptors (Lipinski definition) is 2. The molecule has 1 heterocycles. The van der Waals surface area contributed by atoms with E-state index in [-0.39, 0.29) is 18.2 Å². The Labute approximate surface area is 139 Å². The molecule has 0 bridgehead atoms. The molecule has 0 aliphatic heterocycles. The summed E-state index contributed by atoms with van der Waals surface area (Å²) < 4.78 is 13.3. The maximum Gasteiger partial charge on any atom is 0.310 e. The number of pyridine rings is 1. The Kier molecular flexibility index (Phi) is 4.96. The van der Waals surface area contributed by atoms with E-state index in [9.17, 15) is 9.18 Å². The Bertz CT molecular complexity index is 867. The number of carbonyl (C=O) groups is 1. The molecule has 0 radical (unpaired) electrons. The normalized spacial score (nSPS) is 11.7. The van der Waals surface area contributed by atoms with E-state index in [2.05, 4.69) is 4.98 Å². The summed E-state index contributed by atoms with van der Waals surface area (Å²) in [7, 11) is 0. The molecule has 23 heavy (non-hydrogen) atoms. The number of aromatic nitrogens is 1. The summed E-state index contributed by atoms with van der Waals surface area (Å²) in [5, 5.41) is 9.96. The Balaban J connectivity index is 0.00000192. The lowest BCUT2D eigenvalue weighted by molar-refractivity contribution is -0.138. The van der Waals surface area contributed by atoms with Gasteiger partial charge in [-0.25, -0.2) is 4.39 Å². The molecule has 0 saturated carbocycles. The molecule has 0 spiro atoms. The van der Waals surface area contributed by atoms with Gasteiger partial charge >= 0.3 is 5.97 Å². The highest BCUT2D eigenvalue weighted by molar-refractivity contribution is 5.86. The predicted octanol–water partition coefficient (Wildman–Crippen LogP) is 4.65. The van der Waals surface area contributed by atoms with Crippen LogP contribution >= 0.6 is 12.4 Å². The predicted molar refractivity (Wildman–Crippen MR) is 90.4 cm³/mol. The lowest BCUT2D eigenvalue weighted by atomic mass is 9.98. The standard InChI is InChI=1S/C18H14FNO2.ClH/c1-11(18(21)22)12-5-6-14-7-15(10-20-17(14)9-12)13-3-2-4-16(19)8-13;/h2-11H,1H3,(H,21,22);1H. The number of benzene rings is 2. The molecule has 3 aromatic rings. The first-order valence-corrected chi connectivity index (χ1v) is 6.93. The molecule has 0 aliphatic rings. The van der Waals surface area contributed by atoms with Crippen LogP contribution in [0.3, 0.4) is 0 Å². The van der Waals surface area contributed by atoms with Crippen molar-refractivity contribution in [2.45, 2.75) is 12.8 Å². The largest absolute Gasteiger partial charge is 0.481 e. The molecule has 118 valence electrons. The minimum absolute atomic E-state index is 0. The summed E-state index contributed by atoms with van der Waals surface area (Å²) in [6.07, 6.45) is 1.67. The summed E-state index contributed by atoms with van der Waals surface area (Å²) in [5.41, 5.74) is 3.03. The van der Waals surface area contributed by atoms with Gasteiger partial charge < -0.3 is 5.11 Å². The molecule has 0 fully saturated rings. The van der Waals surface area contributed by atoms with Gasteiger partial charge in [0, 0.05) is 17.1 Å². The van der Waals surface area contributed by atoms with Crippen molar-refractivity contribution in [2.24, 2.45) is 0 Å². The van der Waals surface area contributed by atoms with Gasteiger partial charge in [0.2, 0.25) is 0 Å². The third-order valence-corrected chi connectivity index (χ3v) is 3.74. The number of nitrogens with zero attached hydrogens (tertiary/aromatic N) is 1. The van der Waals surface area contributed by atoms with E-state index in [0.717, 1.165) is 22.0 Å². The summed E-state index contributed by atoms with van der Waals surface area (Å²) >= 11 is 0. The number of fused-ring (bicyclic) bond motifs is 1. The first kappa shape index (κ1) is 16.9. The Morgan fingerprint density at radius 2 is 1.91 bits per heavy atom. The SMILES string of the molecule is CC(C(=O)O)c1ccc2cc(-c3cccc(F)c3)cnc2c1.Cl. The van der Waals surface area contributed by atoms with E-state index in [0.29, 0.717) is 5.56 Å². The third kappa shape index (κ3) is 3.48. The van der Waals surface area contributed by atoms with Crippen molar-refractivity contribution < 1.29 is 14.3 Å². The Morgan fingerprint density at radius 3 is 2.61 bits per heavy atom. The van der Waals surface area contributed by atoms with Crippen molar-refractivity contribution >= 4 is 29.3 Å². The van der Waals surface area contributed by atoms with Gasteiger partial charge in [0.05, 0.1) is 11.4 Å². The second kappa shape index (κ2) is 6.75. The average Bonchev–Trinajstić information content (AvgIpc) is 2.53. The fourth-order valence-electron chi connectivity index (χ4n) is 2.38. The Hall–Kier alpha value is -2.46. The van der Waals surface area contributed by atoms with Gasteiger partial charge in [0.25, 0.3) is 0 Å². The van der Waals surface area contributed by atoms with Gasteiger partial charge in [-0.15, -0.1) is 12.4 Å². The first-order chi connectivity index (χ1) is 10.5. The molecule has 5 heteroatoms. The quantitative estimate of drug-likeness (QED) is 0.760. The number of halogens is 2. The van der Waals surface area contributed by atoms with Gasteiger partial charge in [-0.2, -0.15) is 0 Å². The van der Waals surface area contributed by atoms with Crippen LogP contribution in [-0.2, 0) is 4.79 Å². The van der Waals surface area contributed by atoms with Gasteiger partial charge in [-0.1, -0.05) is 24.3 Å². The number of aliphatic carboxylic acids is 1. The van der Waals surface area contributed by atoms with E-state index in [1.165, 1.54) is 12.1 Å². The molecular formula is C18H15ClFNO2. The maximum absolute atomic E-state index is 13.3. The third-order valence-electron chi connectivity index (χ3n) is 3.74. The van der Waals surface area contributed by atoms with Crippen LogP contribution in [0.1, 0.15) is 18.4 Å². The second-order valence-corrected chi connectivity index (χ2v) is 5.25. The molecule has 1 N–H and O–H groups in total. The minimum Gasteiger partial charge on any atom is -0.481 e. The monoisotopic (exact) mass is 331 g/mol. The van der Waals surface area contributed by atoms with Crippen molar-refractivity contribution in [3.63, 3.8) is 0 Å². The molecule has 3 nitrogen and oxygen atoms in total. The van der Waals surface area contributed by atoms with Crippen molar-refractivity contribution in [3.05, 3.63) is 66.1 Å². The molecule has 2 aromatic carbocycles. The van der Waals surface area contributed by atoms with Crippen molar-refractivity contribution in [1.82, 2.24) is 4.98 Å². The number of carboxylic acids is 1. The molecule has 0 aliphatic carbocycles. The summed E-state index contributed by atoms with van der Waals surface area (Å²) in [6.45, 7) is 1.64. The van der Waals surface area contributed by atoms with Gasteiger partial charge in [0.1, 0.15) is 5.82 Å². The van der Waals surface area contributed by atoms with Crippen molar-refractivity contribution in [2.75, 3.05) is 0 Å². The molecule has 1 atom stereocenters. The molecule has 1 aromatic heterocycles. The van der Waals surface area contributed by atoms with E-state index < -0.39 is 11.9 Å². The van der Waals surface area contributed by atoms with Crippen molar-refractivity contribution in [1.29, 1.82) is 0 Å². The smallest absolute Gasteiger partial charge is 0.310 e. The van der Waals surface area contributed by atoms with Crippen molar-refractivity contribution in [3.8, 4) is 11.1 Å². The zero-order chi connectivity index (χ0) is 15.7. The fourth-order valence-corrected chi connectivity index (χ4v) is 2.38. The van der Waals surface area contributed by atoms with Gasteiger partial charge in [0.15, 0.2) is 0 Å². The van der Waals surface area contributed by atoms with Crippen LogP contribution in [0.5, 0.6) is 0 Å². The van der Waals surface area contributed by atoms with Gasteiger partial charge in [-0.3, -0.25) is 9.78 Å². The summed E-state index contributed by atoms with van der Waals surface area (Å²) in [6, 6.07) is 13.7. The van der Waals surface area contributed by atoms with Crippen LogP contribution in [0.15, 0.2) is 54.7 Å². The van der Waals surface area contributed by atoms with Crippen LogP contribution < -0.4 is 0 Å². The minimum atomic E-state index is -0.865. The molecule has 0 saturated heterocycles. The molecule has 0 amide bonds. The molecule has 1 unspecified atom stereocenters. The lowest BCUT2D eigenvalue weighted by Crippen LogP contribution is -2.07. The summed E-state index contributed by atoms with van der Waals surface area (Å²) in [4.78, 5) is 15.4. The highest BCUT2D eigenvalue weighted by Gasteiger charge is 2.14. The maximum atomic E-state index is 13.3. The molecule has 3 rings (SSSR count). The lowest BCUT2D eigenvalue weighted by Gasteiger charge is -2.09. The van der Waals surface area contributed by atoms with E-state index in [1.54, 1.807) is 31.3 Å². The topological polar surface area (TPSA) is 50.2 Å². The van der Waals surface area contributed by atoms with Crippen LogP contribution in [0, 0.1) is 5.82 Å². The molecular weight excluding hydrogens is 317 g/mol. The van der Waals surface area contributed by atoms with E-state index in [1.807, 2.05) is 18.2 Å². The van der Waals surface area contributed by atoms with Crippen LogP contribution in [0.4, 0.5) is 4.39 Å². The number of carboxylic acid groups (broad SMARTS) is 1. The van der Waals surface area contributed by atoms with Crippen LogP contribution in [-0.4, -0.2) is 16.1 Å². The average molecular weight is 332 g/mol. The Morgan fingerprint density at radius 1 is 1.13 bits per heavy atom. The van der Waals surface area contributed by atoms with E-state index >= 15 is 0 Å².